The Morgan fingerprint density at radius 2 is 2.05 bits per heavy atom. The third-order valence-corrected chi connectivity index (χ3v) is 6.35. The molecule has 0 aromatic carbocycles. The van der Waals surface area contributed by atoms with Gasteiger partial charge in [-0.2, -0.15) is 0 Å². The number of hydrogen-bond donors (Lipinski definition) is 1. The van der Waals surface area contributed by atoms with Crippen LogP contribution in [-0.4, -0.2) is 6.54 Å². The maximum Gasteiger partial charge on any atom is 0.0314 e. The van der Waals surface area contributed by atoms with Crippen LogP contribution in [0.2, 0.25) is 0 Å². The van der Waals surface area contributed by atoms with Gasteiger partial charge in [-0.25, -0.2) is 0 Å². The average Bonchev–Trinajstić information content (AvgIpc) is 2.87. The average molecular weight is 344 g/mol. The Balaban J connectivity index is 1.85. The Labute approximate surface area is 130 Å². The van der Waals surface area contributed by atoms with E-state index in [-0.39, 0.29) is 0 Å². The molecule has 1 fully saturated rings. The lowest BCUT2D eigenvalue weighted by atomic mass is 9.78. The van der Waals surface area contributed by atoms with Gasteiger partial charge in [0.15, 0.2) is 0 Å². The molecule has 1 aliphatic rings. The Hall–Kier alpha value is 0.140. The summed E-state index contributed by atoms with van der Waals surface area (Å²) >= 11 is 5.50. The molecule has 108 valence electrons. The van der Waals surface area contributed by atoms with Crippen molar-refractivity contribution in [2.75, 3.05) is 6.54 Å². The molecule has 0 atom stereocenters. The second-order valence-corrected chi connectivity index (χ2v) is 8.72. The number of halogens is 1. The highest BCUT2D eigenvalue weighted by Crippen LogP contribution is 2.42. The van der Waals surface area contributed by atoms with Gasteiger partial charge in [-0.15, -0.1) is 11.3 Å². The van der Waals surface area contributed by atoms with E-state index in [0.717, 1.165) is 12.5 Å². The second kappa shape index (κ2) is 6.73. The quantitative estimate of drug-likeness (QED) is 0.717. The SMILES string of the molecule is Cc1sc(CNCC2(CC(C)C)CCCC2)cc1Br. The molecular weight excluding hydrogens is 318 g/mol. The monoisotopic (exact) mass is 343 g/mol. The highest BCUT2D eigenvalue weighted by molar-refractivity contribution is 9.10. The van der Waals surface area contributed by atoms with Gasteiger partial charge in [0.1, 0.15) is 0 Å². The standard InChI is InChI=1S/C16H26BrNS/c1-12(2)9-16(6-4-5-7-16)11-18-10-14-8-15(17)13(3)19-14/h8,12,18H,4-7,9-11H2,1-3H3. The summed E-state index contributed by atoms with van der Waals surface area (Å²) in [5, 5.41) is 3.72. The predicted molar refractivity (Wildman–Crippen MR) is 88.8 cm³/mol. The largest absolute Gasteiger partial charge is 0.311 e. The first-order valence-corrected chi connectivity index (χ1v) is 9.07. The minimum absolute atomic E-state index is 0.581. The minimum Gasteiger partial charge on any atom is -0.311 e. The fourth-order valence-electron chi connectivity index (χ4n) is 3.50. The lowest BCUT2D eigenvalue weighted by Crippen LogP contribution is -2.32. The maximum atomic E-state index is 3.72. The van der Waals surface area contributed by atoms with E-state index in [1.165, 1.54) is 52.9 Å². The van der Waals surface area contributed by atoms with E-state index < -0.39 is 0 Å². The van der Waals surface area contributed by atoms with Gasteiger partial charge in [0.05, 0.1) is 0 Å². The zero-order valence-corrected chi connectivity index (χ0v) is 14.8. The topological polar surface area (TPSA) is 12.0 Å². The lowest BCUT2D eigenvalue weighted by molar-refractivity contribution is 0.224. The molecule has 1 aromatic heterocycles. The summed E-state index contributed by atoms with van der Waals surface area (Å²) < 4.78 is 1.26. The summed E-state index contributed by atoms with van der Waals surface area (Å²) in [7, 11) is 0. The lowest BCUT2D eigenvalue weighted by Gasteiger charge is -2.31. The molecule has 1 aromatic rings. The van der Waals surface area contributed by atoms with E-state index in [1.54, 1.807) is 0 Å². The van der Waals surface area contributed by atoms with Gasteiger partial charge in [0.25, 0.3) is 0 Å². The molecule has 1 nitrogen and oxygen atoms in total. The third-order valence-electron chi connectivity index (χ3n) is 4.21. The first-order chi connectivity index (χ1) is 9.01. The van der Waals surface area contributed by atoms with E-state index in [2.05, 4.69) is 48.1 Å². The molecule has 1 aliphatic carbocycles. The van der Waals surface area contributed by atoms with Crippen LogP contribution in [0.1, 0.15) is 55.7 Å². The number of rotatable bonds is 6. The van der Waals surface area contributed by atoms with E-state index in [0.29, 0.717) is 5.41 Å². The molecule has 0 bridgehead atoms. The van der Waals surface area contributed by atoms with Gasteiger partial charge >= 0.3 is 0 Å². The van der Waals surface area contributed by atoms with Gasteiger partial charge in [-0.1, -0.05) is 26.7 Å². The Bertz CT molecular complexity index is 385. The van der Waals surface area contributed by atoms with Gasteiger partial charge in [-0.3, -0.25) is 0 Å². The highest BCUT2D eigenvalue weighted by atomic mass is 79.9. The zero-order valence-electron chi connectivity index (χ0n) is 12.4. The van der Waals surface area contributed by atoms with Crippen molar-refractivity contribution in [1.29, 1.82) is 0 Å². The Morgan fingerprint density at radius 3 is 2.58 bits per heavy atom. The summed E-state index contributed by atoms with van der Waals surface area (Å²) in [5.74, 6) is 0.818. The molecule has 0 saturated heterocycles. The van der Waals surface area contributed by atoms with E-state index in [4.69, 9.17) is 0 Å². The zero-order chi connectivity index (χ0) is 13.9. The number of nitrogens with one attached hydrogen (secondary N) is 1. The van der Waals surface area contributed by atoms with Crippen molar-refractivity contribution in [1.82, 2.24) is 5.32 Å². The Kier molecular flexibility index (Phi) is 5.50. The molecular formula is C16H26BrNS. The summed E-state index contributed by atoms with van der Waals surface area (Å²) in [6, 6.07) is 2.26. The van der Waals surface area contributed by atoms with Crippen molar-refractivity contribution in [2.24, 2.45) is 11.3 Å². The summed E-state index contributed by atoms with van der Waals surface area (Å²) in [6.07, 6.45) is 7.08. The van der Waals surface area contributed by atoms with E-state index in [9.17, 15) is 0 Å². The van der Waals surface area contributed by atoms with Crippen LogP contribution >= 0.6 is 27.3 Å². The summed E-state index contributed by atoms with van der Waals surface area (Å²) in [6.45, 7) is 9.12. The second-order valence-electron chi connectivity index (χ2n) is 6.53. The van der Waals surface area contributed by atoms with Crippen LogP contribution in [0.4, 0.5) is 0 Å². The maximum absolute atomic E-state index is 3.72. The molecule has 0 radical (unpaired) electrons. The van der Waals surface area contributed by atoms with Gasteiger partial charge < -0.3 is 5.32 Å². The van der Waals surface area contributed by atoms with Gasteiger partial charge in [0, 0.05) is 27.3 Å². The number of thiophene rings is 1. The molecule has 1 N–H and O–H groups in total. The fraction of sp³-hybridized carbons (Fsp3) is 0.750. The first-order valence-electron chi connectivity index (χ1n) is 7.46. The summed E-state index contributed by atoms with van der Waals surface area (Å²) in [5.41, 5.74) is 0.581. The van der Waals surface area contributed by atoms with Crippen LogP contribution in [0, 0.1) is 18.3 Å². The fourth-order valence-corrected chi connectivity index (χ4v) is 5.07. The molecule has 0 unspecified atom stereocenters. The number of hydrogen-bond acceptors (Lipinski definition) is 2. The van der Waals surface area contributed by atoms with Crippen LogP contribution in [0.25, 0.3) is 0 Å². The third kappa shape index (κ3) is 4.30. The van der Waals surface area contributed by atoms with Crippen molar-refractivity contribution in [2.45, 2.75) is 59.4 Å². The van der Waals surface area contributed by atoms with E-state index >= 15 is 0 Å². The van der Waals surface area contributed by atoms with Crippen molar-refractivity contribution in [3.05, 3.63) is 20.3 Å². The first kappa shape index (κ1) is 15.5. The summed E-state index contributed by atoms with van der Waals surface area (Å²) in [4.78, 5) is 2.83. The van der Waals surface area contributed by atoms with Gasteiger partial charge in [-0.05, 0) is 59.5 Å². The molecule has 0 spiro atoms. The molecule has 0 amide bonds. The highest BCUT2D eigenvalue weighted by Gasteiger charge is 2.33. The van der Waals surface area contributed by atoms with Crippen LogP contribution < -0.4 is 5.32 Å². The molecule has 0 aliphatic heterocycles. The normalized spacial score (nSPS) is 18.4. The van der Waals surface area contributed by atoms with Crippen LogP contribution in [0.3, 0.4) is 0 Å². The molecule has 1 saturated carbocycles. The number of aryl methyl sites for hydroxylation is 1. The molecule has 1 heterocycles. The van der Waals surface area contributed by atoms with Crippen LogP contribution in [0.5, 0.6) is 0 Å². The van der Waals surface area contributed by atoms with E-state index in [1.807, 2.05) is 11.3 Å². The van der Waals surface area contributed by atoms with Crippen molar-refractivity contribution in [3.8, 4) is 0 Å². The van der Waals surface area contributed by atoms with Crippen LogP contribution in [0.15, 0.2) is 10.5 Å². The smallest absolute Gasteiger partial charge is 0.0314 e. The van der Waals surface area contributed by atoms with Crippen molar-refractivity contribution in [3.63, 3.8) is 0 Å². The van der Waals surface area contributed by atoms with Gasteiger partial charge in [0.2, 0.25) is 0 Å². The predicted octanol–water partition coefficient (Wildman–Crippen LogP) is 5.52. The minimum atomic E-state index is 0.581. The molecule has 3 heteroatoms. The van der Waals surface area contributed by atoms with Crippen molar-refractivity contribution < 1.29 is 0 Å². The molecule has 19 heavy (non-hydrogen) atoms. The van der Waals surface area contributed by atoms with Crippen molar-refractivity contribution >= 4 is 27.3 Å². The van der Waals surface area contributed by atoms with Crippen LogP contribution in [-0.2, 0) is 6.54 Å². The molecule has 2 rings (SSSR count). The Morgan fingerprint density at radius 1 is 1.37 bits per heavy atom.